The molecule has 2 N–H and O–H groups in total. The molecule has 0 bridgehead atoms. The van der Waals surface area contributed by atoms with E-state index in [2.05, 4.69) is 5.32 Å². The van der Waals surface area contributed by atoms with Gasteiger partial charge in [-0.05, 0) is 31.2 Å². The summed E-state index contributed by atoms with van der Waals surface area (Å²) in [5, 5.41) is 10.8. The normalized spacial score (nSPS) is 10.2. The highest BCUT2D eigenvalue weighted by Crippen LogP contribution is 2.10. The molecule has 1 rings (SSSR count). The molecule has 19 heavy (non-hydrogen) atoms. The number of benzene rings is 1. The first-order valence-electron chi connectivity index (χ1n) is 5.52. The summed E-state index contributed by atoms with van der Waals surface area (Å²) in [6, 6.07) is 6.07. The third kappa shape index (κ3) is 5.03. The molecule has 0 aliphatic rings. The number of esters is 1. The number of nitrogens with one attached hydrogen (secondary N) is 1. The lowest BCUT2D eigenvalue weighted by atomic mass is 10.2. The number of carboxylic acids is 1. The van der Waals surface area contributed by atoms with Gasteiger partial charge in [0.25, 0.3) is 0 Å². The van der Waals surface area contributed by atoms with Crippen LogP contribution in [0.4, 0.5) is 5.69 Å². The van der Waals surface area contributed by atoms with Gasteiger partial charge >= 0.3 is 11.9 Å². The fourth-order valence-corrected chi connectivity index (χ4v) is 1.23. The van der Waals surface area contributed by atoms with E-state index in [1.54, 1.807) is 6.92 Å². The Morgan fingerprint density at radius 2 is 1.84 bits per heavy atom. The zero-order valence-corrected chi connectivity index (χ0v) is 10.3. The molecule has 0 saturated heterocycles. The maximum Gasteiger partial charge on any atom is 0.338 e. The van der Waals surface area contributed by atoms with Crippen LogP contribution in [0.25, 0.3) is 0 Å². The molecule has 0 fully saturated rings. The number of rotatable bonds is 5. The van der Waals surface area contributed by atoms with Crippen molar-refractivity contribution in [1.82, 2.24) is 0 Å². The van der Waals surface area contributed by atoms with Crippen molar-refractivity contribution in [2.24, 2.45) is 0 Å². The molecule has 0 saturated carbocycles. The van der Waals surface area contributed by atoms with Gasteiger partial charge in [-0.15, -0.1) is 0 Å². The zero-order chi connectivity index (χ0) is 14.3. The van der Waals surface area contributed by atoms with Crippen LogP contribution in [0.1, 0.15) is 17.3 Å². The molecular weight excluding hydrogens is 250 g/mol. The summed E-state index contributed by atoms with van der Waals surface area (Å²) in [6.07, 6.45) is 1.64. The second-order valence-corrected chi connectivity index (χ2v) is 3.46. The first-order valence-corrected chi connectivity index (χ1v) is 5.52. The Labute approximate surface area is 109 Å². The molecule has 0 atom stereocenters. The van der Waals surface area contributed by atoms with E-state index >= 15 is 0 Å². The topological polar surface area (TPSA) is 92.7 Å². The van der Waals surface area contributed by atoms with E-state index in [1.165, 1.54) is 24.3 Å². The molecule has 0 aromatic heterocycles. The molecule has 1 aromatic rings. The number of hydrogen-bond acceptors (Lipinski definition) is 4. The predicted molar refractivity (Wildman–Crippen MR) is 67.8 cm³/mol. The van der Waals surface area contributed by atoms with Gasteiger partial charge < -0.3 is 15.2 Å². The van der Waals surface area contributed by atoms with Crippen molar-refractivity contribution >= 4 is 23.5 Å². The maximum atomic E-state index is 11.4. The first-order chi connectivity index (χ1) is 9.02. The number of aliphatic carboxylic acids is 1. The van der Waals surface area contributed by atoms with Crippen LogP contribution in [0.2, 0.25) is 0 Å². The third-order valence-corrected chi connectivity index (χ3v) is 2.04. The maximum absolute atomic E-state index is 11.4. The number of anilines is 1. The Kier molecular flexibility index (Phi) is 5.28. The monoisotopic (exact) mass is 263 g/mol. The van der Waals surface area contributed by atoms with Crippen LogP contribution < -0.4 is 5.32 Å². The second-order valence-electron chi connectivity index (χ2n) is 3.46. The lowest BCUT2D eigenvalue weighted by Crippen LogP contribution is -2.09. The summed E-state index contributed by atoms with van der Waals surface area (Å²) in [7, 11) is 0. The van der Waals surface area contributed by atoms with Gasteiger partial charge in [0.2, 0.25) is 5.91 Å². The van der Waals surface area contributed by atoms with Crippen molar-refractivity contribution in [3.63, 3.8) is 0 Å². The predicted octanol–water partition coefficient (Wildman–Crippen LogP) is 1.44. The molecule has 6 heteroatoms. The van der Waals surface area contributed by atoms with Crippen LogP contribution in [0.5, 0.6) is 0 Å². The number of carbonyl (C=O) groups is 3. The largest absolute Gasteiger partial charge is 0.478 e. The molecule has 100 valence electrons. The smallest absolute Gasteiger partial charge is 0.338 e. The number of hydrogen-bond donors (Lipinski definition) is 2. The van der Waals surface area contributed by atoms with E-state index in [-0.39, 0.29) is 6.61 Å². The number of amides is 1. The van der Waals surface area contributed by atoms with E-state index in [0.29, 0.717) is 11.3 Å². The summed E-state index contributed by atoms with van der Waals surface area (Å²) < 4.78 is 4.81. The van der Waals surface area contributed by atoms with Crippen molar-refractivity contribution in [2.75, 3.05) is 11.9 Å². The van der Waals surface area contributed by atoms with E-state index in [1.807, 2.05) is 0 Å². The minimum atomic E-state index is -1.20. The Bertz CT molecular complexity index is 504. The molecule has 0 aliphatic carbocycles. The molecule has 0 spiro atoms. The molecule has 0 heterocycles. The van der Waals surface area contributed by atoms with Crippen LogP contribution in [-0.2, 0) is 14.3 Å². The summed E-state index contributed by atoms with van der Waals surface area (Å²) >= 11 is 0. The summed E-state index contributed by atoms with van der Waals surface area (Å²) in [5.74, 6) is -2.20. The standard InChI is InChI=1S/C13H13NO5/c1-2-19-13(18)9-3-5-10(6-4-9)14-11(15)7-8-12(16)17/h3-8H,2H2,1H3,(H,14,15)(H,16,17)/b8-7-. The number of carbonyl (C=O) groups excluding carboxylic acids is 2. The Balaban J connectivity index is 2.64. The highest BCUT2D eigenvalue weighted by Gasteiger charge is 2.06. The molecule has 1 amide bonds. The average Bonchev–Trinajstić information content (AvgIpc) is 2.37. The minimum absolute atomic E-state index is 0.289. The second kappa shape index (κ2) is 6.95. The number of ether oxygens (including phenoxy) is 1. The van der Waals surface area contributed by atoms with Crippen LogP contribution in [0.15, 0.2) is 36.4 Å². The SMILES string of the molecule is CCOC(=O)c1ccc(NC(=O)/C=C\C(=O)O)cc1. The van der Waals surface area contributed by atoms with Gasteiger partial charge in [0.05, 0.1) is 12.2 Å². The average molecular weight is 263 g/mol. The van der Waals surface area contributed by atoms with Gasteiger partial charge in [-0.1, -0.05) is 0 Å². The van der Waals surface area contributed by atoms with Gasteiger partial charge in [0.15, 0.2) is 0 Å². The molecule has 1 aromatic carbocycles. The first kappa shape index (κ1) is 14.4. The van der Waals surface area contributed by atoms with Crippen LogP contribution in [0.3, 0.4) is 0 Å². The highest BCUT2D eigenvalue weighted by atomic mass is 16.5. The number of carboxylic acid groups (broad SMARTS) is 1. The van der Waals surface area contributed by atoms with Gasteiger partial charge in [-0.3, -0.25) is 4.79 Å². The minimum Gasteiger partial charge on any atom is -0.478 e. The van der Waals surface area contributed by atoms with Crippen LogP contribution in [-0.4, -0.2) is 29.6 Å². The Hall–Kier alpha value is -2.63. The van der Waals surface area contributed by atoms with Gasteiger partial charge in [-0.25, -0.2) is 9.59 Å². The third-order valence-electron chi connectivity index (χ3n) is 2.04. The van der Waals surface area contributed by atoms with E-state index < -0.39 is 17.8 Å². The summed E-state index contributed by atoms with van der Waals surface area (Å²) in [6.45, 7) is 2.00. The van der Waals surface area contributed by atoms with Crippen molar-refractivity contribution in [3.05, 3.63) is 42.0 Å². The van der Waals surface area contributed by atoms with E-state index in [4.69, 9.17) is 9.84 Å². The lowest BCUT2D eigenvalue weighted by Gasteiger charge is -2.04. The molecule has 6 nitrogen and oxygen atoms in total. The van der Waals surface area contributed by atoms with Crippen molar-refractivity contribution in [1.29, 1.82) is 0 Å². The molecule has 0 radical (unpaired) electrons. The van der Waals surface area contributed by atoms with Gasteiger partial charge in [0.1, 0.15) is 0 Å². The Morgan fingerprint density at radius 1 is 1.21 bits per heavy atom. The van der Waals surface area contributed by atoms with Gasteiger partial charge in [-0.2, -0.15) is 0 Å². The molecule has 0 unspecified atom stereocenters. The van der Waals surface area contributed by atoms with Crippen molar-refractivity contribution in [3.8, 4) is 0 Å². The quantitative estimate of drug-likeness (QED) is 0.619. The zero-order valence-electron chi connectivity index (χ0n) is 10.3. The highest BCUT2D eigenvalue weighted by molar-refractivity contribution is 6.02. The summed E-state index contributed by atoms with van der Waals surface area (Å²) in [4.78, 5) is 32.9. The molecular formula is C13H13NO5. The summed E-state index contributed by atoms with van der Waals surface area (Å²) in [5.41, 5.74) is 0.828. The fourth-order valence-electron chi connectivity index (χ4n) is 1.23. The lowest BCUT2D eigenvalue weighted by molar-refractivity contribution is -0.131. The van der Waals surface area contributed by atoms with Crippen LogP contribution in [0, 0.1) is 0 Å². The van der Waals surface area contributed by atoms with E-state index in [0.717, 1.165) is 12.2 Å². The van der Waals surface area contributed by atoms with Gasteiger partial charge in [0, 0.05) is 17.8 Å². The molecule has 0 aliphatic heterocycles. The Morgan fingerprint density at radius 3 is 2.37 bits per heavy atom. The van der Waals surface area contributed by atoms with Crippen molar-refractivity contribution in [2.45, 2.75) is 6.92 Å². The van der Waals surface area contributed by atoms with Crippen LogP contribution >= 0.6 is 0 Å². The fraction of sp³-hybridized carbons (Fsp3) is 0.154. The van der Waals surface area contributed by atoms with Crippen molar-refractivity contribution < 1.29 is 24.2 Å². The van der Waals surface area contributed by atoms with E-state index in [9.17, 15) is 14.4 Å².